The Morgan fingerprint density at radius 1 is 0.900 bits per heavy atom. The molecule has 0 aliphatic rings. The first-order chi connectivity index (χ1) is 9.76. The number of rotatable bonds is 11. The third kappa shape index (κ3) is 10.6. The van der Waals surface area contributed by atoms with Crippen LogP contribution in [-0.4, -0.2) is 16.3 Å². The lowest BCUT2D eigenvalue weighted by Crippen LogP contribution is -2.19. The Morgan fingerprint density at radius 2 is 1.65 bits per heavy atom. The molecule has 2 atom stereocenters. The summed E-state index contributed by atoms with van der Waals surface area (Å²) in [5.41, 5.74) is 0. The lowest BCUT2D eigenvalue weighted by molar-refractivity contribution is 0.106. The molecule has 20 heavy (non-hydrogen) atoms. The first-order valence-corrected chi connectivity index (χ1v) is 7.70. The number of allylic oxidation sites excluding steroid dienone is 6. The van der Waals surface area contributed by atoms with Crippen molar-refractivity contribution in [3.05, 3.63) is 48.8 Å². The molecule has 114 valence electrons. The van der Waals surface area contributed by atoms with Gasteiger partial charge in [0.2, 0.25) is 0 Å². The summed E-state index contributed by atoms with van der Waals surface area (Å²) in [7, 11) is 0. The van der Waals surface area contributed by atoms with Crippen molar-refractivity contribution < 1.29 is 10.2 Å². The highest BCUT2D eigenvalue weighted by Crippen LogP contribution is 2.19. The van der Waals surface area contributed by atoms with Crippen molar-refractivity contribution in [2.24, 2.45) is 5.92 Å². The Balaban J connectivity index is 4.13. The minimum absolute atomic E-state index is 0.288. The normalized spacial score (nSPS) is 15.9. The van der Waals surface area contributed by atoms with Gasteiger partial charge in [-0.3, -0.25) is 0 Å². The molecule has 0 aromatic heterocycles. The van der Waals surface area contributed by atoms with Gasteiger partial charge in [0.05, 0.1) is 12.4 Å². The molecule has 2 heteroatoms. The lowest BCUT2D eigenvalue weighted by atomic mass is 9.91. The van der Waals surface area contributed by atoms with Crippen molar-refractivity contribution in [3.63, 3.8) is 0 Å². The van der Waals surface area contributed by atoms with E-state index in [1.807, 2.05) is 12.2 Å². The van der Waals surface area contributed by atoms with Gasteiger partial charge in [0.1, 0.15) is 0 Å². The van der Waals surface area contributed by atoms with Crippen molar-refractivity contribution in [1.29, 1.82) is 0 Å². The zero-order valence-electron chi connectivity index (χ0n) is 12.9. The Morgan fingerprint density at radius 3 is 2.30 bits per heavy atom. The maximum absolute atomic E-state index is 10.2. The van der Waals surface area contributed by atoms with Crippen LogP contribution in [0.4, 0.5) is 0 Å². The first-order valence-electron chi connectivity index (χ1n) is 7.70. The summed E-state index contributed by atoms with van der Waals surface area (Å²) in [6.45, 7) is 4.27. The third-order valence-electron chi connectivity index (χ3n) is 3.19. The van der Waals surface area contributed by atoms with Gasteiger partial charge in [-0.15, -0.1) is 0 Å². The standard InChI is InChI=1S/C18H30O2/c1-3-5-6-7-8-11-15-18(20)17(13-4-2)14-10-9-12-16-19/h5-6,8-12,16-20H,3-4,7,13-15H2,1-2H3. The summed E-state index contributed by atoms with van der Waals surface area (Å²) in [4.78, 5) is 0. The molecule has 0 saturated carbocycles. The SMILES string of the molecule is CCC=CCC=CCC(O)C(CC=CC=CO)CCC. The van der Waals surface area contributed by atoms with Crippen molar-refractivity contribution in [1.82, 2.24) is 0 Å². The van der Waals surface area contributed by atoms with Crippen molar-refractivity contribution >= 4 is 0 Å². The van der Waals surface area contributed by atoms with Gasteiger partial charge in [0, 0.05) is 0 Å². The van der Waals surface area contributed by atoms with E-state index in [0.29, 0.717) is 12.3 Å². The summed E-state index contributed by atoms with van der Waals surface area (Å²) in [6.07, 6.45) is 20.3. The fourth-order valence-corrected chi connectivity index (χ4v) is 2.09. The molecule has 0 aromatic rings. The van der Waals surface area contributed by atoms with Crippen molar-refractivity contribution in [2.75, 3.05) is 0 Å². The average molecular weight is 278 g/mol. The van der Waals surface area contributed by atoms with Crippen LogP contribution >= 0.6 is 0 Å². The van der Waals surface area contributed by atoms with E-state index in [2.05, 4.69) is 38.2 Å². The van der Waals surface area contributed by atoms with Crippen LogP contribution in [0.3, 0.4) is 0 Å². The molecule has 2 N–H and O–H groups in total. The van der Waals surface area contributed by atoms with Crippen LogP contribution in [0.1, 0.15) is 52.4 Å². The van der Waals surface area contributed by atoms with Gasteiger partial charge < -0.3 is 10.2 Å². The molecule has 0 aromatic carbocycles. The lowest BCUT2D eigenvalue weighted by Gasteiger charge is -2.20. The molecular weight excluding hydrogens is 248 g/mol. The van der Waals surface area contributed by atoms with Gasteiger partial charge >= 0.3 is 0 Å². The summed E-state index contributed by atoms with van der Waals surface area (Å²) in [5.74, 6) is 0.291. The second kappa shape index (κ2) is 14.1. The van der Waals surface area contributed by atoms with E-state index >= 15 is 0 Å². The fourth-order valence-electron chi connectivity index (χ4n) is 2.09. The van der Waals surface area contributed by atoms with Gasteiger partial charge in [0.15, 0.2) is 0 Å². The molecule has 0 aliphatic carbocycles. The number of hydrogen-bond acceptors (Lipinski definition) is 2. The van der Waals surface area contributed by atoms with Crippen LogP contribution in [0.15, 0.2) is 48.8 Å². The molecule has 2 unspecified atom stereocenters. The van der Waals surface area contributed by atoms with E-state index in [9.17, 15) is 5.11 Å². The monoisotopic (exact) mass is 278 g/mol. The zero-order valence-corrected chi connectivity index (χ0v) is 12.9. The highest BCUT2D eigenvalue weighted by atomic mass is 16.3. The van der Waals surface area contributed by atoms with E-state index in [4.69, 9.17) is 5.11 Å². The molecule has 0 bridgehead atoms. The second-order valence-electron chi connectivity index (χ2n) is 4.94. The number of hydrogen-bond donors (Lipinski definition) is 2. The molecular formula is C18H30O2. The van der Waals surface area contributed by atoms with Gasteiger partial charge in [-0.05, 0) is 44.1 Å². The van der Waals surface area contributed by atoms with Gasteiger partial charge in [-0.2, -0.15) is 0 Å². The second-order valence-corrected chi connectivity index (χ2v) is 4.94. The molecule has 0 fully saturated rings. The van der Waals surface area contributed by atoms with E-state index < -0.39 is 0 Å². The third-order valence-corrected chi connectivity index (χ3v) is 3.19. The fraction of sp³-hybridized carbons (Fsp3) is 0.556. The first kappa shape index (κ1) is 18.7. The highest BCUT2D eigenvalue weighted by Gasteiger charge is 2.15. The maximum Gasteiger partial charge on any atom is 0.0791 e. The predicted octanol–water partition coefficient (Wildman–Crippen LogP) is 5.08. The smallest absolute Gasteiger partial charge is 0.0791 e. The summed E-state index contributed by atoms with van der Waals surface area (Å²) in [6, 6.07) is 0. The molecule has 2 nitrogen and oxygen atoms in total. The number of aliphatic hydroxyl groups is 2. The van der Waals surface area contributed by atoms with Crippen LogP contribution in [0.2, 0.25) is 0 Å². The maximum atomic E-state index is 10.2. The summed E-state index contributed by atoms with van der Waals surface area (Å²) < 4.78 is 0. The molecule has 0 rings (SSSR count). The largest absolute Gasteiger partial charge is 0.516 e. The van der Waals surface area contributed by atoms with Gasteiger partial charge in [-0.1, -0.05) is 56.7 Å². The topological polar surface area (TPSA) is 40.5 Å². The minimum Gasteiger partial charge on any atom is -0.516 e. The molecule has 0 spiro atoms. The Kier molecular flexibility index (Phi) is 13.2. The Hall–Kier alpha value is -1.28. The molecule has 0 amide bonds. The summed E-state index contributed by atoms with van der Waals surface area (Å²) in [5, 5.41) is 18.8. The Bertz CT molecular complexity index is 313. The molecule has 0 aliphatic heterocycles. The highest BCUT2D eigenvalue weighted by molar-refractivity contribution is 5.00. The van der Waals surface area contributed by atoms with Gasteiger partial charge in [0.25, 0.3) is 0 Å². The van der Waals surface area contributed by atoms with Crippen molar-refractivity contribution in [2.45, 2.75) is 58.5 Å². The van der Waals surface area contributed by atoms with Crippen LogP contribution in [0.5, 0.6) is 0 Å². The van der Waals surface area contributed by atoms with E-state index in [0.717, 1.165) is 38.4 Å². The van der Waals surface area contributed by atoms with Crippen LogP contribution in [0.25, 0.3) is 0 Å². The van der Waals surface area contributed by atoms with E-state index in [1.54, 1.807) is 6.08 Å². The quantitative estimate of drug-likeness (QED) is 0.314. The molecule has 0 radical (unpaired) electrons. The molecule has 0 saturated heterocycles. The van der Waals surface area contributed by atoms with E-state index in [-0.39, 0.29) is 6.10 Å². The van der Waals surface area contributed by atoms with Crippen LogP contribution in [-0.2, 0) is 0 Å². The zero-order chi connectivity index (χ0) is 15.1. The van der Waals surface area contributed by atoms with Crippen LogP contribution < -0.4 is 0 Å². The van der Waals surface area contributed by atoms with E-state index in [1.165, 1.54) is 0 Å². The molecule has 0 heterocycles. The predicted molar refractivity (Wildman–Crippen MR) is 87.7 cm³/mol. The summed E-state index contributed by atoms with van der Waals surface area (Å²) >= 11 is 0. The van der Waals surface area contributed by atoms with Gasteiger partial charge in [-0.25, -0.2) is 0 Å². The Labute approximate surface area is 124 Å². The average Bonchev–Trinajstić information content (AvgIpc) is 2.45. The number of aliphatic hydroxyl groups excluding tert-OH is 2. The minimum atomic E-state index is -0.288. The van der Waals surface area contributed by atoms with Crippen molar-refractivity contribution in [3.8, 4) is 0 Å². The van der Waals surface area contributed by atoms with Crippen LogP contribution in [0, 0.1) is 5.92 Å².